The van der Waals surface area contributed by atoms with E-state index in [-0.39, 0.29) is 25.2 Å². The first-order valence-corrected chi connectivity index (χ1v) is 17.1. The van der Waals surface area contributed by atoms with Crippen LogP contribution in [-0.4, -0.2) is 56.9 Å². The van der Waals surface area contributed by atoms with Crippen molar-refractivity contribution < 1.29 is 33.5 Å². The van der Waals surface area contributed by atoms with Crippen LogP contribution in [0.15, 0.2) is 79.1 Å². The molecule has 256 valence electrons. The molecule has 2 atom stereocenters. The number of esters is 1. The quantitative estimate of drug-likeness (QED) is 0.149. The van der Waals surface area contributed by atoms with Gasteiger partial charge >= 0.3 is 12.1 Å². The maximum atomic E-state index is 13.7. The van der Waals surface area contributed by atoms with E-state index >= 15 is 0 Å². The van der Waals surface area contributed by atoms with Crippen molar-refractivity contribution in [1.29, 1.82) is 0 Å². The molecule has 11 heteroatoms. The number of aromatic nitrogens is 1. The van der Waals surface area contributed by atoms with E-state index in [1.807, 2.05) is 49.4 Å². The third kappa shape index (κ3) is 8.12. The minimum Gasteiger partial charge on any atom is -0.493 e. The number of pyridine rings is 1. The van der Waals surface area contributed by atoms with Gasteiger partial charge in [-0.15, -0.1) is 0 Å². The predicted octanol–water partition coefficient (Wildman–Crippen LogP) is 7.51. The van der Waals surface area contributed by atoms with Gasteiger partial charge in [0, 0.05) is 24.2 Å². The predicted molar refractivity (Wildman–Crippen MR) is 188 cm³/mol. The maximum absolute atomic E-state index is 13.7. The van der Waals surface area contributed by atoms with Crippen LogP contribution in [-0.2, 0) is 22.4 Å². The van der Waals surface area contributed by atoms with Crippen molar-refractivity contribution in [2.24, 2.45) is 5.92 Å². The lowest BCUT2D eigenvalue weighted by molar-refractivity contribution is -0.377. The maximum Gasteiger partial charge on any atom is 0.414 e. The van der Waals surface area contributed by atoms with Gasteiger partial charge in [-0.2, -0.15) is 0 Å². The van der Waals surface area contributed by atoms with Crippen molar-refractivity contribution in [1.82, 2.24) is 4.90 Å². The fourth-order valence-electron chi connectivity index (χ4n) is 6.56. The number of H-pyrrole nitrogens is 1. The number of halogens is 2. The lowest BCUT2D eigenvalue weighted by Crippen LogP contribution is -2.53. The number of piperidine rings is 3. The zero-order valence-electron chi connectivity index (χ0n) is 27.8. The molecule has 3 aromatic carbocycles. The van der Waals surface area contributed by atoms with Gasteiger partial charge in [0.15, 0.2) is 23.9 Å². The van der Waals surface area contributed by atoms with Crippen molar-refractivity contribution in [3.8, 4) is 11.5 Å². The molecule has 49 heavy (non-hydrogen) atoms. The summed E-state index contributed by atoms with van der Waals surface area (Å²) in [4.78, 5) is 34.2. The van der Waals surface area contributed by atoms with Gasteiger partial charge in [0.2, 0.25) is 0 Å². The monoisotopic (exact) mass is 704 g/mol. The van der Waals surface area contributed by atoms with Crippen molar-refractivity contribution in [3.63, 3.8) is 0 Å². The number of anilines is 1. The minimum absolute atomic E-state index is 0.114. The third-order valence-electron chi connectivity index (χ3n) is 9.33. The Kier molecular flexibility index (Phi) is 10.9. The number of hydrogen-bond acceptors (Lipinski definition) is 7. The summed E-state index contributed by atoms with van der Waals surface area (Å²) in [6, 6.07) is 20.2. The summed E-state index contributed by atoms with van der Waals surface area (Å²) in [6.07, 6.45) is 4.34. The van der Waals surface area contributed by atoms with Crippen LogP contribution in [0.2, 0.25) is 10.0 Å². The number of methoxy groups -OCH3 is 2. The van der Waals surface area contributed by atoms with Crippen molar-refractivity contribution in [2.45, 2.75) is 44.9 Å². The zero-order chi connectivity index (χ0) is 34.5. The summed E-state index contributed by atoms with van der Waals surface area (Å²) < 4.78 is 23.1. The Morgan fingerprint density at radius 2 is 1.65 bits per heavy atom. The summed E-state index contributed by atoms with van der Waals surface area (Å²) in [6.45, 7) is 5.18. The Balaban J connectivity index is 1.21. The largest absolute Gasteiger partial charge is 0.493 e. The van der Waals surface area contributed by atoms with Gasteiger partial charge in [0.25, 0.3) is 0 Å². The van der Waals surface area contributed by atoms with Gasteiger partial charge in [-0.1, -0.05) is 53.5 Å². The number of aryl methyl sites for hydroxylation is 1. The van der Waals surface area contributed by atoms with Crippen LogP contribution in [0, 0.1) is 12.8 Å². The standard InChI is InChI=1S/C38H39Cl2N3O6/c1-24-5-4-6-29(17-24)43(38(45)49-36-23-42-15-13-26(36)14-16-42)22-25-7-9-27(10-8-25)37(44)48-34(19-30-31(39)20-41-21-32(30)40)28-11-12-33(46-2)35(18-28)47-3/h4-12,17-18,20-21,26,34,36H,13-16,19,22-23H2,1-3H3/p+1/t34-,36-/m0/s1. The van der Waals surface area contributed by atoms with Crippen LogP contribution >= 0.6 is 23.2 Å². The summed E-state index contributed by atoms with van der Waals surface area (Å²) >= 11 is 13.0. The normalized spacial score (nSPS) is 18.8. The highest BCUT2D eigenvalue weighted by Crippen LogP contribution is 2.36. The molecule has 4 heterocycles. The molecule has 0 radical (unpaired) electrons. The second kappa shape index (κ2) is 15.5. The van der Waals surface area contributed by atoms with Crippen LogP contribution in [0.1, 0.15) is 51.6 Å². The van der Waals surface area contributed by atoms with Gasteiger partial charge in [0.05, 0.1) is 26.3 Å². The Bertz CT molecular complexity index is 1770. The van der Waals surface area contributed by atoms with E-state index in [0.29, 0.717) is 44.2 Å². The molecule has 0 unspecified atom stereocenters. The first kappa shape index (κ1) is 34.5. The lowest BCUT2D eigenvalue weighted by Gasteiger charge is -2.44. The Hall–Kier alpha value is -4.31. The second-order valence-corrected chi connectivity index (χ2v) is 13.3. The Morgan fingerprint density at radius 1 is 0.939 bits per heavy atom. The fourth-order valence-corrected chi connectivity index (χ4v) is 7.09. The number of nitrogens with zero attached hydrogens (tertiary/aromatic N) is 2. The molecule has 1 amide bonds. The molecule has 1 aromatic heterocycles. The number of aromatic amines is 1. The van der Waals surface area contributed by atoms with Crippen molar-refractivity contribution >= 4 is 41.0 Å². The molecule has 3 saturated heterocycles. The van der Waals surface area contributed by atoms with Crippen LogP contribution < -0.4 is 19.4 Å². The van der Waals surface area contributed by atoms with Crippen LogP contribution in [0.5, 0.6) is 11.5 Å². The average Bonchev–Trinajstić information content (AvgIpc) is 3.12. The molecular weight excluding hydrogens is 665 g/mol. The van der Waals surface area contributed by atoms with Gasteiger partial charge < -0.3 is 18.9 Å². The molecule has 1 N–H and O–H groups in total. The van der Waals surface area contributed by atoms with Crippen LogP contribution in [0.25, 0.3) is 0 Å². The number of amides is 1. The summed E-state index contributed by atoms with van der Waals surface area (Å²) in [5.41, 5.74) is 4.29. The number of ether oxygens (including phenoxy) is 4. The van der Waals surface area contributed by atoms with Crippen molar-refractivity contribution in [3.05, 3.63) is 117 Å². The molecule has 9 nitrogen and oxygen atoms in total. The summed E-state index contributed by atoms with van der Waals surface area (Å²) in [7, 11) is 3.10. The molecule has 3 aliphatic rings. The second-order valence-electron chi connectivity index (χ2n) is 12.5. The number of rotatable bonds is 11. The molecule has 3 fully saturated rings. The van der Waals surface area contributed by atoms with E-state index in [1.54, 1.807) is 55.8 Å². The van der Waals surface area contributed by atoms with E-state index in [0.717, 1.165) is 49.3 Å². The average molecular weight is 706 g/mol. The molecular formula is C38H40Cl2N3O6+. The lowest BCUT2D eigenvalue weighted by atomic mass is 9.86. The van der Waals surface area contributed by atoms with Crippen molar-refractivity contribution in [2.75, 3.05) is 38.8 Å². The van der Waals surface area contributed by atoms with Gasteiger partial charge in [-0.3, -0.25) is 9.80 Å². The number of carbonyl (C=O) groups excluding carboxylic acids is 2. The van der Waals surface area contributed by atoms with Gasteiger partial charge in [-0.05, 0) is 91.9 Å². The molecule has 0 saturated carbocycles. The topological polar surface area (TPSA) is 91.7 Å². The van der Waals surface area contributed by atoms with E-state index < -0.39 is 12.1 Å². The number of carbonyl (C=O) groups is 2. The third-order valence-corrected chi connectivity index (χ3v) is 10.0. The highest BCUT2D eigenvalue weighted by atomic mass is 35.5. The van der Waals surface area contributed by atoms with E-state index in [2.05, 4.69) is 9.88 Å². The van der Waals surface area contributed by atoms with Crippen LogP contribution in [0.3, 0.4) is 0 Å². The number of benzene rings is 3. The Morgan fingerprint density at radius 3 is 2.29 bits per heavy atom. The fraction of sp³-hybridized carbons (Fsp3) is 0.342. The number of hydrogen-bond donors (Lipinski definition) is 0. The number of fused-ring (bicyclic) bond motifs is 3. The molecule has 2 bridgehead atoms. The van der Waals surface area contributed by atoms with Crippen LogP contribution in [0.4, 0.5) is 10.5 Å². The highest BCUT2D eigenvalue weighted by molar-refractivity contribution is 6.35. The summed E-state index contributed by atoms with van der Waals surface area (Å²) in [5.74, 6) is 0.908. The van der Waals surface area contributed by atoms with Gasteiger partial charge in [0.1, 0.15) is 22.3 Å². The molecule has 4 aromatic rings. The SMILES string of the molecule is COc1ccc([C@H](Cc2c(Cl)c[nH+]cc2Cl)OC(=O)c2ccc(CN(C(=O)O[C@H]3CN4CCC3CC4)c3cccc(C)c3)cc2)cc1OC. The van der Waals surface area contributed by atoms with Gasteiger partial charge in [-0.25, -0.2) is 14.6 Å². The first-order valence-electron chi connectivity index (χ1n) is 16.4. The summed E-state index contributed by atoms with van der Waals surface area (Å²) in [5, 5.41) is 0.840. The van der Waals surface area contributed by atoms with E-state index in [4.69, 9.17) is 42.1 Å². The molecule has 0 aliphatic carbocycles. The first-order chi connectivity index (χ1) is 23.7. The molecule has 3 aliphatic heterocycles. The molecule has 0 spiro atoms. The zero-order valence-corrected chi connectivity index (χ0v) is 29.3. The number of nitrogens with one attached hydrogen (secondary N) is 1. The van der Waals surface area contributed by atoms with E-state index in [1.165, 1.54) is 0 Å². The minimum atomic E-state index is -0.748. The highest BCUT2D eigenvalue weighted by Gasteiger charge is 2.37. The smallest absolute Gasteiger partial charge is 0.414 e. The Labute approximate surface area is 296 Å². The van der Waals surface area contributed by atoms with E-state index in [9.17, 15) is 9.59 Å². The molecule has 7 rings (SSSR count).